The molecule has 0 saturated carbocycles. The Kier molecular flexibility index (Phi) is 20.8. The second-order valence-corrected chi connectivity index (χ2v) is 17.7. The fraction of sp³-hybridized carbons (Fsp3) is 0.667. The highest BCUT2D eigenvalue weighted by Crippen LogP contribution is 2.33. The quantitative estimate of drug-likeness (QED) is 0.0708. The Morgan fingerprint density at radius 3 is 1.56 bits per heavy atom. The van der Waals surface area contributed by atoms with E-state index in [1.165, 1.54) is 35.1 Å². The summed E-state index contributed by atoms with van der Waals surface area (Å²) in [5, 5.41) is 0. The summed E-state index contributed by atoms with van der Waals surface area (Å²) in [6.45, 7) is 36.5. The molecule has 4 unspecified atom stereocenters. The van der Waals surface area contributed by atoms with E-state index in [0.717, 1.165) is 64.2 Å². The summed E-state index contributed by atoms with van der Waals surface area (Å²) in [7, 11) is 0. The lowest BCUT2D eigenvalue weighted by Gasteiger charge is -2.20. The van der Waals surface area contributed by atoms with Gasteiger partial charge in [-0.3, -0.25) is 4.79 Å². The summed E-state index contributed by atoms with van der Waals surface area (Å²) in [5.41, 5.74) is 5.14. The Morgan fingerprint density at radius 1 is 0.722 bits per heavy atom. The summed E-state index contributed by atoms with van der Waals surface area (Å²) in [4.78, 5) is 23.7. The molecule has 1 aromatic rings. The van der Waals surface area contributed by atoms with Crippen molar-refractivity contribution >= 4 is 11.9 Å². The maximum absolute atomic E-state index is 11.9. The third kappa shape index (κ3) is 18.1. The first-order valence-corrected chi connectivity index (χ1v) is 20.7. The van der Waals surface area contributed by atoms with Gasteiger partial charge in [-0.1, -0.05) is 83.4 Å². The molecule has 0 N–H and O–H groups in total. The number of hydrogen-bond donors (Lipinski definition) is 0. The van der Waals surface area contributed by atoms with E-state index in [-0.39, 0.29) is 36.4 Å². The average molecular weight is 749 g/mol. The number of carbonyl (C=O) groups excluding carboxylic acids is 2. The van der Waals surface area contributed by atoms with Crippen LogP contribution in [-0.4, -0.2) is 49.6 Å². The van der Waals surface area contributed by atoms with Crippen LogP contribution in [0.2, 0.25) is 0 Å². The Bertz CT molecular complexity index is 1340. The van der Waals surface area contributed by atoms with Gasteiger partial charge in [0.05, 0.1) is 48.6 Å². The maximum Gasteiger partial charge on any atom is 0.338 e. The smallest absolute Gasteiger partial charge is 0.338 e. The van der Waals surface area contributed by atoms with Crippen molar-refractivity contribution in [2.45, 2.75) is 164 Å². The van der Waals surface area contributed by atoms with Crippen molar-refractivity contribution in [2.75, 3.05) is 13.2 Å². The molecule has 0 amide bonds. The van der Waals surface area contributed by atoms with Crippen LogP contribution in [0.15, 0.2) is 78.9 Å². The van der Waals surface area contributed by atoms with E-state index in [1.807, 2.05) is 39.0 Å². The number of esters is 2. The molecule has 2 fully saturated rings. The number of benzene rings is 1. The number of rotatable bonds is 21. The first kappa shape index (κ1) is 47.2. The highest BCUT2D eigenvalue weighted by Gasteiger charge is 2.30. The topological polar surface area (TPSA) is 71.1 Å². The molecule has 2 saturated heterocycles. The van der Waals surface area contributed by atoms with Gasteiger partial charge >= 0.3 is 11.9 Å². The number of hydrogen-bond acceptors (Lipinski definition) is 6. The molecular formula is C48H76O6. The predicted molar refractivity (Wildman–Crippen MR) is 224 cm³/mol. The van der Waals surface area contributed by atoms with Crippen LogP contribution in [0.5, 0.6) is 0 Å². The number of carbonyl (C=O) groups is 2. The van der Waals surface area contributed by atoms with Crippen LogP contribution in [0.3, 0.4) is 0 Å². The first-order valence-electron chi connectivity index (χ1n) is 20.7. The molecule has 2 aliphatic heterocycles. The van der Waals surface area contributed by atoms with Gasteiger partial charge in [-0.25, -0.2) is 4.79 Å². The van der Waals surface area contributed by atoms with Crippen molar-refractivity contribution in [1.29, 1.82) is 0 Å². The summed E-state index contributed by atoms with van der Waals surface area (Å²) in [5.74, 6) is 2.11. The summed E-state index contributed by atoms with van der Waals surface area (Å²) in [6.07, 6.45) is 13.0. The fourth-order valence-corrected chi connectivity index (χ4v) is 7.03. The Hall–Kier alpha value is -2.96. The van der Waals surface area contributed by atoms with Gasteiger partial charge in [0.15, 0.2) is 0 Å². The molecule has 0 bridgehead atoms. The molecule has 6 heteroatoms. The van der Waals surface area contributed by atoms with Crippen molar-refractivity contribution < 1.29 is 28.5 Å². The Balaban J connectivity index is 0.000000375. The van der Waals surface area contributed by atoms with Gasteiger partial charge in [-0.05, 0) is 159 Å². The van der Waals surface area contributed by atoms with E-state index in [9.17, 15) is 9.59 Å². The SMILES string of the molecule is C=C1C[C@H](CCCOC(=O)C(C)(C)C)OC1CCC(C)C[C@@H](C)C(=C)C.C=C1C[C@H](CCCOC(=O)c2ccccc2)OC1CCC(C)C[C@@H](C)C(=C)C. The van der Waals surface area contributed by atoms with Gasteiger partial charge in [-0.2, -0.15) is 0 Å². The molecule has 8 atom stereocenters. The second-order valence-electron chi connectivity index (χ2n) is 17.7. The monoisotopic (exact) mass is 749 g/mol. The summed E-state index contributed by atoms with van der Waals surface area (Å²) in [6, 6.07) is 9.12. The standard InChI is InChI=1S/C25H36O3.C23H40O3/c1-18(2)20(4)16-19(3)13-14-24-21(5)17-23(28-24)12-9-15-27-25(26)22-10-7-6-8-11-22;1-16(2)18(4)14-17(3)11-12-21-19(5)15-20(26-21)10-9-13-25-22(24)23(6,7)8/h6-8,10-11,19-20,23-24H,1,5,9,12-17H2,2-4H3;17-18,20-21H,1,5,9-15H2,2-4,6-8H3/t19?,20-,23+,24?;17?,18-,20+,21?/m11/s1. The van der Waals surface area contributed by atoms with E-state index >= 15 is 0 Å². The molecule has 1 aromatic carbocycles. The molecule has 6 nitrogen and oxygen atoms in total. The number of allylic oxidation sites excluding steroid dienone is 2. The van der Waals surface area contributed by atoms with E-state index in [4.69, 9.17) is 18.9 Å². The van der Waals surface area contributed by atoms with Crippen molar-refractivity contribution in [1.82, 2.24) is 0 Å². The van der Waals surface area contributed by atoms with E-state index in [1.54, 1.807) is 12.1 Å². The van der Waals surface area contributed by atoms with E-state index in [0.29, 0.717) is 42.4 Å². The molecule has 3 rings (SSSR count). The number of ether oxygens (including phenoxy) is 4. The normalized spacial score (nSPS) is 22.1. The third-order valence-electron chi connectivity index (χ3n) is 11.1. The van der Waals surface area contributed by atoms with Gasteiger partial charge in [0.1, 0.15) is 0 Å². The Labute approximate surface area is 330 Å². The Morgan fingerprint density at radius 2 is 1.15 bits per heavy atom. The van der Waals surface area contributed by atoms with Crippen LogP contribution in [0.25, 0.3) is 0 Å². The molecular weight excluding hydrogens is 673 g/mol. The molecule has 54 heavy (non-hydrogen) atoms. The van der Waals surface area contributed by atoms with E-state index in [2.05, 4.69) is 67.9 Å². The molecule has 0 spiro atoms. The van der Waals surface area contributed by atoms with Crippen molar-refractivity contribution in [3.05, 3.63) is 84.5 Å². The zero-order chi connectivity index (χ0) is 40.4. The molecule has 0 radical (unpaired) electrons. The lowest BCUT2D eigenvalue weighted by atomic mass is 9.88. The van der Waals surface area contributed by atoms with Crippen LogP contribution in [0, 0.1) is 29.1 Å². The van der Waals surface area contributed by atoms with Crippen molar-refractivity contribution in [3.63, 3.8) is 0 Å². The van der Waals surface area contributed by atoms with Crippen LogP contribution in [-0.2, 0) is 23.7 Å². The van der Waals surface area contributed by atoms with Gasteiger partial charge in [0, 0.05) is 0 Å². The van der Waals surface area contributed by atoms with Crippen molar-refractivity contribution in [3.8, 4) is 0 Å². The minimum atomic E-state index is -0.429. The van der Waals surface area contributed by atoms with Gasteiger partial charge in [0.25, 0.3) is 0 Å². The van der Waals surface area contributed by atoms with Crippen LogP contribution in [0.1, 0.15) is 150 Å². The summed E-state index contributed by atoms with van der Waals surface area (Å²) >= 11 is 0. The summed E-state index contributed by atoms with van der Waals surface area (Å²) < 4.78 is 23.1. The van der Waals surface area contributed by atoms with Crippen LogP contribution >= 0.6 is 0 Å². The minimum absolute atomic E-state index is 0.134. The zero-order valence-electron chi connectivity index (χ0n) is 35.7. The lowest BCUT2D eigenvalue weighted by molar-refractivity contribution is -0.153. The fourth-order valence-electron chi connectivity index (χ4n) is 7.03. The molecule has 0 aromatic heterocycles. The average Bonchev–Trinajstić information content (AvgIpc) is 3.66. The highest BCUT2D eigenvalue weighted by atomic mass is 16.5. The highest BCUT2D eigenvalue weighted by molar-refractivity contribution is 5.89. The van der Waals surface area contributed by atoms with Crippen LogP contribution < -0.4 is 0 Å². The maximum atomic E-state index is 11.9. The van der Waals surface area contributed by atoms with Gasteiger partial charge in [0.2, 0.25) is 0 Å². The molecule has 2 heterocycles. The van der Waals surface area contributed by atoms with Gasteiger partial charge in [-0.15, -0.1) is 0 Å². The first-order chi connectivity index (χ1) is 25.4. The minimum Gasteiger partial charge on any atom is -0.465 e. The molecule has 304 valence electrons. The van der Waals surface area contributed by atoms with Crippen molar-refractivity contribution in [2.24, 2.45) is 29.1 Å². The lowest BCUT2D eigenvalue weighted by Crippen LogP contribution is -2.23. The largest absolute Gasteiger partial charge is 0.465 e. The van der Waals surface area contributed by atoms with E-state index < -0.39 is 5.41 Å². The van der Waals surface area contributed by atoms with Gasteiger partial charge < -0.3 is 18.9 Å². The molecule has 2 aliphatic rings. The predicted octanol–water partition coefficient (Wildman–Crippen LogP) is 12.4. The van der Waals surface area contributed by atoms with Crippen LogP contribution in [0.4, 0.5) is 0 Å². The third-order valence-corrected chi connectivity index (χ3v) is 11.1. The second kappa shape index (κ2) is 23.8. The molecule has 0 aliphatic carbocycles. The zero-order valence-corrected chi connectivity index (χ0v) is 35.7.